The Labute approximate surface area is 104 Å². The van der Waals surface area contributed by atoms with E-state index in [4.69, 9.17) is 4.74 Å². The standard InChI is InChI=1S/C13H25N3O/c1-2-12-10-14-11-13(12)16(3-1)5-4-15-6-8-17-9-7-15/h12-14H,1-11H2. The van der Waals surface area contributed by atoms with E-state index in [1.54, 1.807) is 0 Å². The normalized spacial score (nSPS) is 36.0. The van der Waals surface area contributed by atoms with Crippen LogP contribution >= 0.6 is 0 Å². The molecule has 3 rings (SSSR count). The molecule has 2 atom stereocenters. The summed E-state index contributed by atoms with van der Waals surface area (Å²) in [4.78, 5) is 5.28. The van der Waals surface area contributed by atoms with Crippen LogP contribution in [0.4, 0.5) is 0 Å². The molecule has 3 saturated heterocycles. The van der Waals surface area contributed by atoms with Crippen molar-refractivity contribution < 1.29 is 4.74 Å². The van der Waals surface area contributed by atoms with E-state index in [2.05, 4.69) is 15.1 Å². The van der Waals surface area contributed by atoms with Crippen LogP contribution in [-0.4, -0.2) is 74.9 Å². The number of hydrogen-bond acceptors (Lipinski definition) is 4. The van der Waals surface area contributed by atoms with Gasteiger partial charge in [0.15, 0.2) is 0 Å². The summed E-state index contributed by atoms with van der Waals surface area (Å²) in [6, 6.07) is 0.824. The van der Waals surface area contributed by atoms with Gasteiger partial charge in [0.25, 0.3) is 0 Å². The van der Waals surface area contributed by atoms with Gasteiger partial charge in [0.1, 0.15) is 0 Å². The summed E-state index contributed by atoms with van der Waals surface area (Å²) in [6.07, 6.45) is 2.83. The average Bonchev–Trinajstić information content (AvgIpc) is 2.86. The van der Waals surface area contributed by atoms with Gasteiger partial charge in [-0.25, -0.2) is 0 Å². The Balaban J connectivity index is 1.47. The topological polar surface area (TPSA) is 27.7 Å². The molecule has 0 aromatic carbocycles. The van der Waals surface area contributed by atoms with Gasteiger partial charge in [-0.05, 0) is 31.8 Å². The molecular weight excluding hydrogens is 214 g/mol. The third-order valence-corrected chi connectivity index (χ3v) is 4.60. The van der Waals surface area contributed by atoms with Crippen LogP contribution in [0.2, 0.25) is 0 Å². The Kier molecular flexibility index (Phi) is 3.96. The Hall–Kier alpha value is -0.160. The van der Waals surface area contributed by atoms with Gasteiger partial charge in [-0.1, -0.05) is 0 Å². The molecule has 0 aromatic rings. The van der Waals surface area contributed by atoms with E-state index in [-0.39, 0.29) is 0 Å². The maximum Gasteiger partial charge on any atom is 0.0594 e. The second-order valence-corrected chi connectivity index (χ2v) is 5.62. The highest BCUT2D eigenvalue weighted by Crippen LogP contribution is 2.25. The number of morpholine rings is 1. The number of likely N-dealkylation sites (tertiary alicyclic amines) is 1. The zero-order valence-electron chi connectivity index (χ0n) is 10.7. The predicted molar refractivity (Wildman–Crippen MR) is 68.2 cm³/mol. The quantitative estimate of drug-likeness (QED) is 0.750. The molecule has 0 aromatic heterocycles. The summed E-state index contributed by atoms with van der Waals surface area (Å²) in [5.41, 5.74) is 0. The molecule has 0 amide bonds. The van der Waals surface area contributed by atoms with Crippen molar-refractivity contribution in [2.24, 2.45) is 5.92 Å². The van der Waals surface area contributed by atoms with E-state index >= 15 is 0 Å². The molecule has 0 aliphatic carbocycles. The van der Waals surface area contributed by atoms with E-state index in [1.165, 1.54) is 45.6 Å². The minimum absolute atomic E-state index is 0.824. The predicted octanol–water partition coefficient (Wildman–Crippen LogP) is 0.00240. The van der Waals surface area contributed by atoms with Crippen LogP contribution in [0.5, 0.6) is 0 Å². The van der Waals surface area contributed by atoms with Gasteiger partial charge in [0, 0.05) is 38.8 Å². The largest absolute Gasteiger partial charge is 0.379 e. The molecular formula is C13H25N3O. The maximum atomic E-state index is 5.40. The van der Waals surface area contributed by atoms with Crippen LogP contribution < -0.4 is 5.32 Å². The lowest BCUT2D eigenvalue weighted by Crippen LogP contribution is -2.49. The smallest absolute Gasteiger partial charge is 0.0594 e. The van der Waals surface area contributed by atoms with Crippen LogP contribution in [0.15, 0.2) is 0 Å². The molecule has 2 unspecified atom stereocenters. The molecule has 3 fully saturated rings. The van der Waals surface area contributed by atoms with Crippen LogP contribution in [0.1, 0.15) is 12.8 Å². The van der Waals surface area contributed by atoms with Gasteiger partial charge < -0.3 is 10.1 Å². The molecule has 3 aliphatic rings. The van der Waals surface area contributed by atoms with Gasteiger partial charge >= 0.3 is 0 Å². The fourth-order valence-electron chi connectivity index (χ4n) is 3.54. The Morgan fingerprint density at radius 2 is 1.94 bits per heavy atom. The molecule has 3 aliphatic heterocycles. The van der Waals surface area contributed by atoms with Crippen molar-refractivity contribution in [2.75, 3.05) is 59.0 Å². The number of nitrogens with one attached hydrogen (secondary N) is 1. The second kappa shape index (κ2) is 5.65. The van der Waals surface area contributed by atoms with E-state index < -0.39 is 0 Å². The first-order chi connectivity index (χ1) is 8.43. The molecule has 0 radical (unpaired) electrons. The average molecular weight is 239 g/mol. The van der Waals surface area contributed by atoms with E-state index in [0.29, 0.717) is 0 Å². The monoisotopic (exact) mass is 239 g/mol. The SMILES string of the molecule is C1CC2CNCC2N(CCN2CCOCC2)C1. The minimum Gasteiger partial charge on any atom is -0.379 e. The Morgan fingerprint density at radius 1 is 1.06 bits per heavy atom. The van der Waals surface area contributed by atoms with E-state index in [9.17, 15) is 0 Å². The number of nitrogens with zero attached hydrogens (tertiary/aromatic N) is 2. The molecule has 1 N–H and O–H groups in total. The summed E-state index contributed by atoms with van der Waals surface area (Å²) >= 11 is 0. The molecule has 0 saturated carbocycles. The van der Waals surface area contributed by atoms with Crippen molar-refractivity contribution in [1.82, 2.24) is 15.1 Å². The third-order valence-electron chi connectivity index (χ3n) is 4.60. The van der Waals surface area contributed by atoms with E-state index in [0.717, 1.165) is 38.3 Å². The summed E-state index contributed by atoms with van der Waals surface area (Å²) in [6.45, 7) is 10.4. The number of hydrogen-bond donors (Lipinski definition) is 1. The molecule has 17 heavy (non-hydrogen) atoms. The molecule has 98 valence electrons. The lowest BCUT2D eigenvalue weighted by atomic mass is 9.92. The summed E-state index contributed by atoms with van der Waals surface area (Å²) in [7, 11) is 0. The number of rotatable bonds is 3. The summed E-state index contributed by atoms with van der Waals surface area (Å²) in [5.74, 6) is 0.924. The van der Waals surface area contributed by atoms with Gasteiger partial charge in [0.05, 0.1) is 13.2 Å². The van der Waals surface area contributed by atoms with Crippen molar-refractivity contribution in [1.29, 1.82) is 0 Å². The fraction of sp³-hybridized carbons (Fsp3) is 1.00. The third kappa shape index (κ3) is 2.81. The molecule has 0 bridgehead atoms. The zero-order chi connectivity index (χ0) is 11.5. The highest BCUT2D eigenvalue weighted by Gasteiger charge is 2.34. The Morgan fingerprint density at radius 3 is 2.82 bits per heavy atom. The maximum absolute atomic E-state index is 5.40. The van der Waals surface area contributed by atoms with Gasteiger partial charge in [-0.3, -0.25) is 9.80 Å². The van der Waals surface area contributed by atoms with Crippen LogP contribution in [0, 0.1) is 5.92 Å². The molecule has 4 heteroatoms. The van der Waals surface area contributed by atoms with Crippen LogP contribution in [0.3, 0.4) is 0 Å². The van der Waals surface area contributed by atoms with Crippen molar-refractivity contribution in [3.05, 3.63) is 0 Å². The van der Waals surface area contributed by atoms with Crippen LogP contribution in [-0.2, 0) is 4.74 Å². The number of piperidine rings is 1. The van der Waals surface area contributed by atoms with Crippen LogP contribution in [0.25, 0.3) is 0 Å². The number of ether oxygens (including phenoxy) is 1. The molecule has 0 spiro atoms. The highest BCUT2D eigenvalue weighted by atomic mass is 16.5. The fourth-order valence-corrected chi connectivity index (χ4v) is 3.54. The lowest BCUT2D eigenvalue weighted by molar-refractivity contribution is 0.0267. The minimum atomic E-state index is 0.824. The van der Waals surface area contributed by atoms with Gasteiger partial charge in [-0.15, -0.1) is 0 Å². The van der Waals surface area contributed by atoms with Gasteiger partial charge in [-0.2, -0.15) is 0 Å². The summed E-state index contributed by atoms with van der Waals surface area (Å²) in [5, 5.41) is 3.56. The highest BCUT2D eigenvalue weighted by molar-refractivity contribution is 4.92. The van der Waals surface area contributed by atoms with E-state index in [1.807, 2.05) is 0 Å². The first-order valence-corrected chi connectivity index (χ1v) is 7.18. The van der Waals surface area contributed by atoms with Crippen molar-refractivity contribution >= 4 is 0 Å². The van der Waals surface area contributed by atoms with Gasteiger partial charge in [0.2, 0.25) is 0 Å². The number of fused-ring (bicyclic) bond motifs is 1. The lowest BCUT2D eigenvalue weighted by Gasteiger charge is -2.38. The molecule has 3 heterocycles. The second-order valence-electron chi connectivity index (χ2n) is 5.62. The van der Waals surface area contributed by atoms with Crippen molar-refractivity contribution in [2.45, 2.75) is 18.9 Å². The first kappa shape index (κ1) is 11.9. The zero-order valence-corrected chi connectivity index (χ0v) is 10.7. The first-order valence-electron chi connectivity index (χ1n) is 7.18. The molecule has 4 nitrogen and oxygen atoms in total. The van der Waals surface area contributed by atoms with Crippen molar-refractivity contribution in [3.8, 4) is 0 Å². The summed E-state index contributed by atoms with van der Waals surface area (Å²) < 4.78 is 5.40. The van der Waals surface area contributed by atoms with Crippen molar-refractivity contribution in [3.63, 3.8) is 0 Å². The Bertz CT molecular complexity index is 243.